The molecule has 0 saturated carbocycles. The molecule has 2 N–H and O–H groups in total. The standard InChI is InChI=1S/C11H8FN5O/c1-15-11(18)9-4-7(12)2-3-10(9)17-16-8(5-13)6-14/h2-4,17H,1H3,(H,15,18). The Labute approximate surface area is 102 Å². The number of nitrogens with zero attached hydrogens (tertiary/aromatic N) is 3. The SMILES string of the molecule is CNC(=O)c1cc(F)ccc1NN=C(C#N)C#N. The van der Waals surface area contributed by atoms with E-state index in [1.807, 2.05) is 0 Å². The minimum absolute atomic E-state index is 0.0245. The van der Waals surface area contributed by atoms with Crippen molar-refractivity contribution >= 4 is 17.3 Å². The van der Waals surface area contributed by atoms with Crippen LogP contribution in [0.2, 0.25) is 0 Å². The van der Waals surface area contributed by atoms with E-state index in [-0.39, 0.29) is 11.3 Å². The third kappa shape index (κ3) is 3.03. The minimum Gasteiger partial charge on any atom is -0.355 e. The molecule has 0 aliphatic rings. The van der Waals surface area contributed by atoms with Crippen molar-refractivity contribution in [1.82, 2.24) is 5.32 Å². The molecule has 0 fully saturated rings. The molecule has 1 rings (SSSR count). The molecule has 0 aliphatic carbocycles. The quantitative estimate of drug-likeness (QED) is 0.612. The van der Waals surface area contributed by atoms with Gasteiger partial charge < -0.3 is 5.32 Å². The van der Waals surface area contributed by atoms with Gasteiger partial charge in [0.15, 0.2) is 0 Å². The normalized spacial score (nSPS) is 8.67. The molecule has 0 heterocycles. The van der Waals surface area contributed by atoms with Gasteiger partial charge in [-0.1, -0.05) is 0 Å². The van der Waals surface area contributed by atoms with Crippen LogP contribution in [0.5, 0.6) is 0 Å². The second-order valence-electron chi connectivity index (χ2n) is 3.06. The van der Waals surface area contributed by atoms with Gasteiger partial charge >= 0.3 is 0 Å². The molecule has 0 spiro atoms. The van der Waals surface area contributed by atoms with Gasteiger partial charge in [0.05, 0.1) is 11.3 Å². The number of hydrazone groups is 1. The number of halogens is 1. The van der Waals surface area contributed by atoms with E-state index < -0.39 is 17.4 Å². The number of nitriles is 2. The first-order valence-electron chi connectivity index (χ1n) is 4.78. The molecule has 0 atom stereocenters. The zero-order chi connectivity index (χ0) is 13.5. The van der Waals surface area contributed by atoms with E-state index in [1.54, 1.807) is 12.1 Å². The van der Waals surface area contributed by atoms with Crippen molar-refractivity contribution in [2.45, 2.75) is 0 Å². The van der Waals surface area contributed by atoms with Gasteiger partial charge in [-0.3, -0.25) is 10.2 Å². The molecule has 6 nitrogen and oxygen atoms in total. The lowest BCUT2D eigenvalue weighted by Crippen LogP contribution is -2.19. The molecule has 0 aromatic heterocycles. The van der Waals surface area contributed by atoms with Gasteiger partial charge in [-0.25, -0.2) is 4.39 Å². The van der Waals surface area contributed by atoms with Crippen LogP contribution < -0.4 is 10.7 Å². The number of rotatable bonds is 3. The number of nitrogens with one attached hydrogen (secondary N) is 2. The summed E-state index contributed by atoms with van der Waals surface area (Å²) in [4.78, 5) is 11.5. The van der Waals surface area contributed by atoms with Crippen LogP contribution in [0.15, 0.2) is 23.3 Å². The van der Waals surface area contributed by atoms with E-state index in [4.69, 9.17) is 10.5 Å². The van der Waals surface area contributed by atoms with E-state index in [9.17, 15) is 9.18 Å². The number of carbonyl (C=O) groups excluding carboxylic acids is 1. The van der Waals surface area contributed by atoms with Gasteiger partial charge in [-0.05, 0) is 18.2 Å². The first-order valence-corrected chi connectivity index (χ1v) is 4.78. The predicted octanol–water partition coefficient (Wildman–Crippen LogP) is 1.00. The molecule has 18 heavy (non-hydrogen) atoms. The average Bonchev–Trinajstić information content (AvgIpc) is 2.40. The summed E-state index contributed by atoms with van der Waals surface area (Å²) in [6.07, 6.45) is 0. The van der Waals surface area contributed by atoms with E-state index in [2.05, 4.69) is 15.8 Å². The maximum Gasteiger partial charge on any atom is 0.253 e. The molecular formula is C11H8FN5O. The number of carbonyl (C=O) groups is 1. The summed E-state index contributed by atoms with van der Waals surface area (Å²) >= 11 is 0. The topological polar surface area (TPSA) is 101 Å². The van der Waals surface area contributed by atoms with Crippen molar-refractivity contribution in [3.63, 3.8) is 0 Å². The minimum atomic E-state index is -0.580. The molecule has 0 radical (unpaired) electrons. The van der Waals surface area contributed by atoms with Crippen molar-refractivity contribution in [1.29, 1.82) is 10.5 Å². The lowest BCUT2D eigenvalue weighted by molar-refractivity contribution is 0.0963. The molecule has 1 amide bonds. The Morgan fingerprint density at radius 2 is 2.06 bits per heavy atom. The molecular weight excluding hydrogens is 237 g/mol. The maximum atomic E-state index is 13.0. The van der Waals surface area contributed by atoms with Crippen molar-refractivity contribution < 1.29 is 9.18 Å². The fraction of sp³-hybridized carbons (Fsp3) is 0.0909. The van der Waals surface area contributed by atoms with Gasteiger partial charge in [-0.15, -0.1) is 0 Å². The highest BCUT2D eigenvalue weighted by molar-refractivity contribution is 6.10. The first kappa shape index (κ1) is 13.1. The monoisotopic (exact) mass is 245 g/mol. The van der Waals surface area contributed by atoms with Crippen LogP contribution in [0.1, 0.15) is 10.4 Å². The van der Waals surface area contributed by atoms with Crippen LogP contribution in [0.25, 0.3) is 0 Å². The van der Waals surface area contributed by atoms with Crippen molar-refractivity contribution in [3.05, 3.63) is 29.6 Å². The number of anilines is 1. The molecule has 7 heteroatoms. The summed E-state index contributed by atoms with van der Waals surface area (Å²) in [5.41, 5.74) is 2.19. The largest absolute Gasteiger partial charge is 0.355 e. The molecule has 1 aromatic carbocycles. The number of hydrogen-bond donors (Lipinski definition) is 2. The predicted molar refractivity (Wildman–Crippen MR) is 62.1 cm³/mol. The van der Waals surface area contributed by atoms with Gasteiger partial charge in [0, 0.05) is 7.05 Å². The number of benzene rings is 1. The molecule has 0 aliphatic heterocycles. The van der Waals surface area contributed by atoms with Gasteiger partial charge in [-0.2, -0.15) is 15.6 Å². The molecule has 1 aromatic rings. The van der Waals surface area contributed by atoms with E-state index in [0.29, 0.717) is 0 Å². The first-order chi connectivity index (χ1) is 8.62. The summed E-state index contributed by atoms with van der Waals surface area (Å²) in [6, 6.07) is 6.53. The Morgan fingerprint density at radius 1 is 1.39 bits per heavy atom. The summed E-state index contributed by atoms with van der Waals surface area (Å²) in [5.74, 6) is -1.09. The molecule has 0 unspecified atom stereocenters. The van der Waals surface area contributed by atoms with Crippen molar-refractivity contribution in [2.75, 3.05) is 12.5 Å². The fourth-order valence-electron chi connectivity index (χ4n) is 1.13. The highest BCUT2D eigenvalue weighted by Gasteiger charge is 2.11. The Hall–Kier alpha value is -2.93. The van der Waals surface area contributed by atoms with Crippen LogP contribution >= 0.6 is 0 Å². The van der Waals surface area contributed by atoms with Gasteiger partial charge in [0.25, 0.3) is 5.91 Å². The van der Waals surface area contributed by atoms with E-state index in [0.717, 1.165) is 12.1 Å². The summed E-state index contributed by atoms with van der Waals surface area (Å²) in [7, 11) is 1.40. The lowest BCUT2D eigenvalue weighted by atomic mass is 10.1. The Morgan fingerprint density at radius 3 is 2.61 bits per heavy atom. The lowest BCUT2D eigenvalue weighted by Gasteiger charge is -2.07. The molecule has 90 valence electrons. The summed E-state index contributed by atoms with van der Waals surface area (Å²) in [5, 5.41) is 22.8. The van der Waals surface area contributed by atoms with Crippen LogP contribution in [0.3, 0.4) is 0 Å². The van der Waals surface area contributed by atoms with Crippen molar-refractivity contribution in [3.8, 4) is 12.1 Å². The Balaban J connectivity index is 3.11. The van der Waals surface area contributed by atoms with Crippen LogP contribution in [0, 0.1) is 28.5 Å². The van der Waals surface area contributed by atoms with Crippen LogP contribution in [-0.4, -0.2) is 18.7 Å². The smallest absolute Gasteiger partial charge is 0.253 e. The summed E-state index contributed by atoms with van der Waals surface area (Å²) < 4.78 is 13.0. The highest BCUT2D eigenvalue weighted by Crippen LogP contribution is 2.17. The zero-order valence-corrected chi connectivity index (χ0v) is 9.36. The zero-order valence-electron chi connectivity index (χ0n) is 9.36. The fourth-order valence-corrected chi connectivity index (χ4v) is 1.13. The van der Waals surface area contributed by atoms with Crippen molar-refractivity contribution in [2.24, 2.45) is 5.10 Å². The van der Waals surface area contributed by atoms with Gasteiger partial charge in [0.2, 0.25) is 5.71 Å². The second-order valence-corrected chi connectivity index (χ2v) is 3.06. The average molecular weight is 245 g/mol. The van der Waals surface area contributed by atoms with E-state index >= 15 is 0 Å². The highest BCUT2D eigenvalue weighted by atomic mass is 19.1. The second kappa shape index (κ2) is 5.97. The van der Waals surface area contributed by atoms with E-state index in [1.165, 1.54) is 13.1 Å². The Bertz CT molecular complexity index is 566. The number of amides is 1. The van der Waals surface area contributed by atoms with Crippen LogP contribution in [-0.2, 0) is 0 Å². The van der Waals surface area contributed by atoms with Crippen LogP contribution in [0.4, 0.5) is 10.1 Å². The number of hydrogen-bond acceptors (Lipinski definition) is 5. The Kier molecular flexibility index (Phi) is 4.35. The summed E-state index contributed by atoms with van der Waals surface area (Å²) in [6.45, 7) is 0. The third-order valence-electron chi connectivity index (χ3n) is 1.95. The van der Waals surface area contributed by atoms with Gasteiger partial charge in [0.1, 0.15) is 18.0 Å². The molecule has 0 saturated heterocycles. The molecule has 0 bridgehead atoms. The maximum absolute atomic E-state index is 13.0. The third-order valence-corrected chi connectivity index (χ3v) is 1.95.